The van der Waals surface area contributed by atoms with E-state index in [0.717, 1.165) is 29.7 Å². The Hall–Kier alpha value is -1.03. The van der Waals surface area contributed by atoms with Crippen LogP contribution in [-0.2, 0) is 27.7 Å². The van der Waals surface area contributed by atoms with Crippen molar-refractivity contribution in [2.24, 2.45) is 17.6 Å². The van der Waals surface area contributed by atoms with Gasteiger partial charge in [0.1, 0.15) is 16.1 Å². The van der Waals surface area contributed by atoms with E-state index in [1.54, 1.807) is 0 Å². The highest BCUT2D eigenvalue weighted by Crippen LogP contribution is 2.42. The maximum Gasteiger partial charge on any atom is 0.243 e. The van der Waals surface area contributed by atoms with Gasteiger partial charge in [-0.15, -0.1) is 11.3 Å². The fourth-order valence-electron chi connectivity index (χ4n) is 3.21. The highest BCUT2D eigenvalue weighted by atomic mass is 32.2. The van der Waals surface area contributed by atoms with Crippen LogP contribution in [0.4, 0.5) is 9.39 Å². The molecule has 0 aromatic carbocycles. The average molecular weight is 388 g/mol. The number of carbonyl (C=O) groups is 1. The monoisotopic (exact) mass is 387 g/mol. The molecule has 0 spiro atoms. The second kappa shape index (κ2) is 6.29. The van der Waals surface area contributed by atoms with E-state index in [-0.39, 0.29) is 17.4 Å². The lowest BCUT2D eigenvalue weighted by atomic mass is 9.95. The van der Waals surface area contributed by atoms with Crippen molar-refractivity contribution in [3.63, 3.8) is 0 Å². The van der Waals surface area contributed by atoms with Crippen LogP contribution in [0.3, 0.4) is 0 Å². The number of rotatable bonds is 6. The van der Waals surface area contributed by atoms with Crippen LogP contribution in [-0.4, -0.2) is 33.1 Å². The Morgan fingerprint density at radius 2 is 2.04 bits per heavy atom. The molecule has 138 valence electrons. The van der Waals surface area contributed by atoms with Gasteiger partial charge in [0.05, 0.1) is 5.92 Å². The van der Waals surface area contributed by atoms with Gasteiger partial charge >= 0.3 is 0 Å². The summed E-state index contributed by atoms with van der Waals surface area (Å²) in [5.41, 5.74) is 6.75. The number of amides is 1. The Morgan fingerprint density at radius 3 is 2.68 bits per heavy atom. The molecule has 3 aliphatic rings. The maximum atomic E-state index is 13.2. The summed E-state index contributed by atoms with van der Waals surface area (Å²) >= 11 is 1.29. The van der Waals surface area contributed by atoms with E-state index in [1.165, 1.54) is 11.3 Å². The SMILES string of the molecule is N[C@H]1CCc2sc(NC(=O)[C@H]3C[C@@H]3F)c(S(=O)(=O)NCC3CC3)c2C1. The molecule has 9 heteroatoms. The van der Waals surface area contributed by atoms with Crippen LogP contribution in [0.2, 0.25) is 0 Å². The fourth-order valence-corrected chi connectivity index (χ4v) is 6.30. The third-order valence-corrected chi connectivity index (χ3v) is 7.94. The van der Waals surface area contributed by atoms with Gasteiger partial charge < -0.3 is 11.1 Å². The van der Waals surface area contributed by atoms with E-state index in [1.807, 2.05) is 0 Å². The van der Waals surface area contributed by atoms with Crippen molar-refractivity contribution < 1.29 is 17.6 Å². The molecule has 0 bridgehead atoms. The summed E-state index contributed by atoms with van der Waals surface area (Å²) < 4.78 is 41.6. The van der Waals surface area contributed by atoms with Gasteiger partial charge in [-0.3, -0.25) is 4.79 Å². The zero-order valence-electron chi connectivity index (χ0n) is 13.8. The Morgan fingerprint density at radius 1 is 1.32 bits per heavy atom. The molecule has 3 atom stereocenters. The van der Waals surface area contributed by atoms with Gasteiger partial charge in [0.2, 0.25) is 15.9 Å². The molecule has 3 aliphatic carbocycles. The number of nitrogens with one attached hydrogen (secondary N) is 2. The lowest BCUT2D eigenvalue weighted by Crippen LogP contribution is -2.31. The summed E-state index contributed by atoms with van der Waals surface area (Å²) in [4.78, 5) is 13.2. The molecule has 4 rings (SSSR count). The third kappa shape index (κ3) is 3.60. The normalized spacial score (nSPS) is 28.5. The summed E-state index contributed by atoms with van der Waals surface area (Å²) in [7, 11) is -3.74. The molecule has 0 unspecified atom stereocenters. The maximum absolute atomic E-state index is 13.2. The van der Waals surface area contributed by atoms with Crippen LogP contribution in [0.15, 0.2) is 4.90 Å². The molecule has 0 aliphatic heterocycles. The molecule has 0 saturated heterocycles. The van der Waals surface area contributed by atoms with Crippen LogP contribution in [0, 0.1) is 11.8 Å². The molecular formula is C16H22FN3O3S2. The predicted octanol–water partition coefficient (Wildman–Crippen LogP) is 1.55. The quantitative estimate of drug-likeness (QED) is 0.689. The van der Waals surface area contributed by atoms with Crippen molar-refractivity contribution in [2.45, 2.75) is 55.6 Å². The first-order chi connectivity index (χ1) is 11.8. The molecule has 1 aromatic heterocycles. The number of halogens is 1. The molecule has 1 aromatic rings. The molecule has 25 heavy (non-hydrogen) atoms. The minimum absolute atomic E-state index is 0.0818. The Balaban J connectivity index is 1.66. The zero-order valence-corrected chi connectivity index (χ0v) is 15.4. The van der Waals surface area contributed by atoms with Crippen LogP contribution in [0.5, 0.6) is 0 Å². The van der Waals surface area contributed by atoms with Crippen LogP contribution >= 0.6 is 11.3 Å². The van der Waals surface area contributed by atoms with Crippen molar-refractivity contribution in [3.8, 4) is 0 Å². The summed E-state index contributed by atoms with van der Waals surface area (Å²) in [5, 5.41) is 2.98. The number of fused-ring (bicyclic) bond motifs is 1. The second-order valence-electron chi connectivity index (χ2n) is 7.31. The topological polar surface area (TPSA) is 101 Å². The number of alkyl halides is 1. The number of nitrogens with two attached hydrogens (primary N) is 1. The number of carbonyl (C=O) groups excluding carboxylic acids is 1. The molecule has 0 radical (unpaired) electrons. The van der Waals surface area contributed by atoms with Crippen LogP contribution < -0.4 is 15.8 Å². The van der Waals surface area contributed by atoms with E-state index in [2.05, 4.69) is 10.0 Å². The average Bonchev–Trinajstić information content (AvgIpc) is 3.44. The summed E-state index contributed by atoms with van der Waals surface area (Å²) in [6, 6.07) is -0.0818. The lowest BCUT2D eigenvalue weighted by Gasteiger charge is -2.19. The van der Waals surface area contributed by atoms with Gasteiger partial charge in [0.25, 0.3) is 0 Å². The number of sulfonamides is 1. The standard InChI is InChI=1S/C16H22FN3O3S2/c17-12-6-10(12)15(21)20-16-14(25(22,23)19-7-8-1-2-8)11-5-9(18)3-4-13(11)24-16/h8-10,12,19H,1-7,18H2,(H,20,21)/t9-,10-,12-/m0/s1. The minimum atomic E-state index is -3.74. The predicted molar refractivity (Wildman–Crippen MR) is 93.9 cm³/mol. The van der Waals surface area contributed by atoms with Gasteiger partial charge in [0, 0.05) is 17.5 Å². The first-order valence-electron chi connectivity index (χ1n) is 8.70. The molecule has 4 N–H and O–H groups in total. The number of hydrogen-bond donors (Lipinski definition) is 3. The highest BCUT2D eigenvalue weighted by Gasteiger charge is 2.44. The molecule has 2 fully saturated rings. The Bertz CT molecular complexity index is 804. The van der Waals surface area contributed by atoms with Gasteiger partial charge in [-0.1, -0.05) is 0 Å². The van der Waals surface area contributed by atoms with Gasteiger partial charge in [0.15, 0.2) is 0 Å². The van der Waals surface area contributed by atoms with E-state index in [0.29, 0.717) is 30.3 Å². The summed E-state index contributed by atoms with van der Waals surface area (Å²) in [6.45, 7) is 0.418. The largest absolute Gasteiger partial charge is 0.327 e. The minimum Gasteiger partial charge on any atom is -0.327 e. The third-order valence-electron chi connectivity index (χ3n) is 5.06. The van der Waals surface area contributed by atoms with Crippen molar-refractivity contribution >= 4 is 32.3 Å². The van der Waals surface area contributed by atoms with Crippen LogP contribution in [0.25, 0.3) is 0 Å². The molecular weight excluding hydrogens is 365 g/mol. The Kier molecular flexibility index (Phi) is 4.38. The summed E-state index contributed by atoms with van der Waals surface area (Å²) in [5.74, 6) is -0.686. The highest BCUT2D eigenvalue weighted by molar-refractivity contribution is 7.90. The van der Waals surface area contributed by atoms with Gasteiger partial charge in [-0.2, -0.15) is 0 Å². The second-order valence-corrected chi connectivity index (χ2v) is 10.1. The van der Waals surface area contributed by atoms with E-state index >= 15 is 0 Å². The van der Waals surface area contributed by atoms with E-state index in [9.17, 15) is 17.6 Å². The molecule has 6 nitrogen and oxygen atoms in total. The number of hydrogen-bond acceptors (Lipinski definition) is 5. The van der Waals surface area contributed by atoms with Gasteiger partial charge in [-0.25, -0.2) is 17.5 Å². The molecule has 1 amide bonds. The Labute approximate surface area is 150 Å². The van der Waals surface area contributed by atoms with Crippen molar-refractivity contribution in [2.75, 3.05) is 11.9 Å². The first-order valence-corrected chi connectivity index (χ1v) is 11.0. The lowest BCUT2D eigenvalue weighted by molar-refractivity contribution is -0.117. The van der Waals surface area contributed by atoms with Crippen molar-refractivity contribution in [3.05, 3.63) is 10.4 Å². The number of anilines is 1. The van der Waals surface area contributed by atoms with Crippen LogP contribution in [0.1, 0.15) is 36.1 Å². The van der Waals surface area contributed by atoms with E-state index < -0.39 is 28.0 Å². The first kappa shape index (κ1) is 17.4. The van der Waals surface area contributed by atoms with Crippen molar-refractivity contribution in [1.82, 2.24) is 4.72 Å². The molecule has 2 saturated carbocycles. The van der Waals surface area contributed by atoms with Gasteiger partial charge in [-0.05, 0) is 50.0 Å². The number of thiophene rings is 1. The zero-order chi connectivity index (χ0) is 17.8. The van der Waals surface area contributed by atoms with Crippen molar-refractivity contribution in [1.29, 1.82) is 0 Å². The smallest absolute Gasteiger partial charge is 0.243 e. The molecule has 1 heterocycles. The number of aryl methyl sites for hydroxylation is 1. The fraction of sp³-hybridized carbons (Fsp3) is 0.688. The van der Waals surface area contributed by atoms with E-state index in [4.69, 9.17) is 5.73 Å². The summed E-state index contributed by atoms with van der Waals surface area (Å²) in [6.07, 6.45) is 3.16.